The Hall–Kier alpha value is -1.62. The maximum atomic E-state index is 12.4. The van der Waals surface area contributed by atoms with Crippen LogP contribution in [-0.2, 0) is 0 Å². The molecule has 1 unspecified atom stereocenters. The lowest BCUT2D eigenvalue weighted by atomic mass is 9.97. The average Bonchev–Trinajstić information content (AvgIpc) is 2.37. The lowest BCUT2D eigenvalue weighted by molar-refractivity contribution is -0.136. The van der Waals surface area contributed by atoms with Crippen molar-refractivity contribution in [1.29, 1.82) is 0 Å². The first-order valence-corrected chi connectivity index (χ1v) is 6.51. The third kappa shape index (κ3) is 3.48. The Bertz CT molecular complexity index is 593. The number of benzene rings is 1. The highest BCUT2D eigenvalue weighted by Crippen LogP contribution is 2.31. The van der Waals surface area contributed by atoms with Crippen LogP contribution in [0.15, 0.2) is 30.3 Å². The number of pyridine rings is 1. The van der Waals surface area contributed by atoms with Crippen molar-refractivity contribution in [3.8, 4) is 0 Å². The smallest absolute Gasteiger partial charge is 0.313 e. The molecule has 0 fully saturated rings. The van der Waals surface area contributed by atoms with Gasteiger partial charge in [0, 0.05) is 23.5 Å². The largest absolute Gasteiger partial charge is 0.389 e. The number of halogens is 3. The van der Waals surface area contributed by atoms with Crippen LogP contribution in [0.4, 0.5) is 13.2 Å². The Kier molecular flexibility index (Phi) is 4.28. The number of alkyl halides is 3. The van der Waals surface area contributed by atoms with Gasteiger partial charge in [-0.2, -0.15) is 13.2 Å². The Labute approximate surface area is 116 Å². The second kappa shape index (κ2) is 5.79. The first-order valence-electron chi connectivity index (χ1n) is 6.51. The van der Waals surface area contributed by atoms with E-state index in [1.165, 1.54) is 0 Å². The van der Waals surface area contributed by atoms with Gasteiger partial charge in [-0.3, -0.25) is 4.98 Å². The summed E-state index contributed by atoms with van der Waals surface area (Å²) in [4.78, 5) is 4.41. The molecule has 0 aliphatic rings. The van der Waals surface area contributed by atoms with Crippen LogP contribution in [0, 0.1) is 6.92 Å². The summed E-state index contributed by atoms with van der Waals surface area (Å²) in [5, 5.41) is 3.88. The Morgan fingerprint density at radius 3 is 2.60 bits per heavy atom. The highest BCUT2D eigenvalue weighted by molar-refractivity contribution is 5.82. The van der Waals surface area contributed by atoms with Crippen LogP contribution in [0.5, 0.6) is 0 Å². The van der Waals surface area contributed by atoms with Gasteiger partial charge in [0.15, 0.2) is 0 Å². The van der Waals surface area contributed by atoms with Crippen molar-refractivity contribution in [1.82, 2.24) is 10.3 Å². The zero-order valence-corrected chi connectivity index (χ0v) is 11.5. The summed E-state index contributed by atoms with van der Waals surface area (Å²) < 4.78 is 37.3. The first kappa shape index (κ1) is 14.8. The summed E-state index contributed by atoms with van der Waals surface area (Å²) in [6.45, 7) is 1.85. The predicted octanol–water partition coefficient (Wildman–Crippen LogP) is 4.15. The molecule has 0 radical (unpaired) electrons. The molecule has 2 nitrogen and oxygen atoms in total. The Morgan fingerprint density at radius 2 is 1.95 bits per heavy atom. The van der Waals surface area contributed by atoms with Crippen molar-refractivity contribution in [2.45, 2.75) is 32.0 Å². The van der Waals surface area contributed by atoms with Crippen molar-refractivity contribution >= 4 is 10.9 Å². The van der Waals surface area contributed by atoms with E-state index in [1.807, 2.05) is 37.3 Å². The molecule has 0 bridgehead atoms. The minimum absolute atomic E-state index is 0.0213. The number of aromatic nitrogens is 1. The molecule has 0 aliphatic heterocycles. The van der Waals surface area contributed by atoms with Gasteiger partial charge in [-0.1, -0.05) is 18.2 Å². The van der Waals surface area contributed by atoms with E-state index in [4.69, 9.17) is 0 Å². The molecule has 1 heterocycles. The molecule has 0 saturated heterocycles. The average molecular weight is 282 g/mol. The monoisotopic (exact) mass is 282 g/mol. The van der Waals surface area contributed by atoms with E-state index >= 15 is 0 Å². The molecule has 108 valence electrons. The zero-order chi connectivity index (χ0) is 14.8. The molecule has 1 N–H and O–H groups in total. The molecule has 0 amide bonds. The van der Waals surface area contributed by atoms with Gasteiger partial charge in [0.1, 0.15) is 0 Å². The predicted molar refractivity (Wildman–Crippen MR) is 73.6 cm³/mol. The molecule has 2 aromatic rings. The summed E-state index contributed by atoms with van der Waals surface area (Å²) in [7, 11) is 1.69. The number of para-hydroxylation sites is 1. The van der Waals surface area contributed by atoms with Gasteiger partial charge in [0.2, 0.25) is 0 Å². The second-order valence-corrected chi connectivity index (χ2v) is 4.87. The van der Waals surface area contributed by atoms with Crippen molar-refractivity contribution in [3.63, 3.8) is 0 Å². The summed E-state index contributed by atoms with van der Waals surface area (Å²) >= 11 is 0. The van der Waals surface area contributed by atoms with Crippen molar-refractivity contribution in [2.24, 2.45) is 0 Å². The molecule has 1 atom stereocenters. The van der Waals surface area contributed by atoms with E-state index in [2.05, 4.69) is 10.3 Å². The van der Waals surface area contributed by atoms with E-state index < -0.39 is 12.6 Å². The van der Waals surface area contributed by atoms with Gasteiger partial charge in [0.05, 0.1) is 5.52 Å². The van der Waals surface area contributed by atoms with Crippen LogP contribution < -0.4 is 5.32 Å². The van der Waals surface area contributed by atoms with E-state index in [1.54, 1.807) is 7.05 Å². The lowest BCUT2D eigenvalue weighted by Gasteiger charge is -2.20. The summed E-state index contributed by atoms with van der Waals surface area (Å²) in [5.74, 6) is 0. The standard InChI is InChI=1S/C15H17F3N2/c1-10-9-12(11-5-3-4-6-14(11)20-10)13(19-2)7-8-15(16,17)18/h3-6,9,13,19H,7-8H2,1-2H3. The summed E-state index contributed by atoms with van der Waals surface area (Å²) in [5.41, 5.74) is 2.50. The molecule has 2 rings (SSSR count). The third-order valence-corrected chi connectivity index (χ3v) is 3.32. The van der Waals surface area contributed by atoms with Crippen LogP contribution in [0.2, 0.25) is 0 Å². The quantitative estimate of drug-likeness (QED) is 0.911. The number of rotatable bonds is 4. The Balaban J connectivity index is 2.38. The minimum Gasteiger partial charge on any atom is -0.313 e. The number of nitrogens with zero attached hydrogens (tertiary/aromatic N) is 1. The molecule has 1 aromatic heterocycles. The van der Waals surface area contributed by atoms with E-state index in [0.717, 1.165) is 22.2 Å². The first-order chi connectivity index (χ1) is 9.40. The summed E-state index contributed by atoms with van der Waals surface area (Å²) in [6, 6.07) is 9.06. The van der Waals surface area contributed by atoms with Gasteiger partial charge >= 0.3 is 6.18 Å². The fourth-order valence-corrected chi connectivity index (χ4v) is 2.39. The molecule has 5 heteroatoms. The molecule has 0 spiro atoms. The third-order valence-electron chi connectivity index (χ3n) is 3.32. The van der Waals surface area contributed by atoms with Crippen molar-refractivity contribution in [3.05, 3.63) is 41.6 Å². The van der Waals surface area contributed by atoms with E-state index in [0.29, 0.717) is 0 Å². The highest BCUT2D eigenvalue weighted by atomic mass is 19.4. The maximum Gasteiger partial charge on any atom is 0.389 e. The number of hydrogen-bond acceptors (Lipinski definition) is 2. The van der Waals surface area contributed by atoms with Gasteiger partial charge in [0.25, 0.3) is 0 Å². The van der Waals surface area contributed by atoms with Crippen molar-refractivity contribution in [2.75, 3.05) is 7.05 Å². The number of aryl methyl sites for hydroxylation is 1. The molecular weight excluding hydrogens is 265 g/mol. The Morgan fingerprint density at radius 1 is 1.25 bits per heavy atom. The molecule has 20 heavy (non-hydrogen) atoms. The van der Waals surface area contributed by atoms with Crippen molar-refractivity contribution < 1.29 is 13.2 Å². The molecular formula is C15H17F3N2. The normalized spacial score (nSPS) is 13.7. The number of fused-ring (bicyclic) bond motifs is 1. The van der Waals surface area contributed by atoms with Gasteiger partial charge in [-0.15, -0.1) is 0 Å². The fraction of sp³-hybridized carbons (Fsp3) is 0.400. The molecule has 1 aromatic carbocycles. The van der Waals surface area contributed by atoms with Gasteiger partial charge in [-0.25, -0.2) is 0 Å². The number of nitrogens with one attached hydrogen (secondary N) is 1. The zero-order valence-electron chi connectivity index (χ0n) is 11.5. The van der Waals surface area contributed by atoms with Gasteiger partial charge < -0.3 is 5.32 Å². The van der Waals surface area contributed by atoms with Crippen LogP contribution in [0.25, 0.3) is 10.9 Å². The second-order valence-electron chi connectivity index (χ2n) is 4.87. The lowest BCUT2D eigenvalue weighted by Crippen LogP contribution is -2.20. The van der Waals surface area contributed by atoms with Crippen LogP contribution >= 0.6 is 0 Å². The molecule has 0 aliphatic carbocycles. The van der Waals surface area contributed by atoms with Gasteiger partial charge in [-0.05, 0) is 38.1 Å². The van der Waals surface area contributed by atoms with Crippen LogP contribution in [-0.4, -0.2) is 18.2 Å². The number of hydrogen-bond donors (Lipinski definition) is 1. The molecule has 0 saturated carbocycles. The summed E-state index contributed by atoms with van der Waals surface area (Å²) in [6.07, 6.45) is -4.91. The SMILES string of the molecule is CNC(CCC(F)(F)F)c1cc(C)nc2ccccc12. The van der Waals surface area contributed by atoms with E-state index in [9.17, 15) is 13.2 Å². The fourth-order valence-electron chi connectivity index (χ4n) is 2.39. The highest BCUT2D eigenvalue weighted by Gasteiger charge is 2.28. The van der Waals surface area contributed by atoms with E-state index in [-0.39, 0.29) is 12.5 Å². The maximum absolute atomic E-state index is 12.4. The van der Waals surface area contributed by atoms with Crippen LogP contribution in [0.1, 0.15) is 30.1 Å². The minimum atomic E-state index is -4.13. The van der Waals surface area contributed by atoms with Crippen LogP contribution in [0.3, 0.4) is 0 Å². The topological polar surface area (TPSA) is 24.9 Å².